The Kier molecular flexibility index (Phi) is 4.05. The summed E-state index contributed by atoms with van der Waals surface area (Å²) in [6.07, 6.45) is 0. The normalized spacial score (nSPS) is 11.8. The van der Waals surface area contributed by atoms with Crippen LogP contribution < -0.4 is 10.5 Å². The van der Waals surface area contributed by atoms with Crippen LogP contribution in [0.25, 0.3) is 22.4 Å². The van der Waals surface area contributed by atoms with Crippen molar-refractivity contribution in [2.24, 2.45) is 0 Å². The molecule has 0 amide bonds. The lowest BCUT2D eigenvalue weighted by molar-refractivity contribution is 0.554. The summed E-state index contributed by atoms with van der Waals surface area (Å²) in [6.45, 7) is 1.94. The lowest BCUT2D eigenvalue weighted by Crippen LogP contribution is -2.13. The van der Waals surface area contributed by atoms with E-state index in [1.54, 1.807) is 6.07 Å². The van der Waals surface area contributed by atoms with Crippen LogP contribution in [-0.4, -0.2) is 23.6 Å². The maximum Gasteiger partial charge on any atom is 0.417 e. The summed E-state index contributed by atoms with van der Waals surface area (Å²) in [4.78, 5) is 13.5. The second-order valence-corrected chi connectivity index (χ2v) is 7.94. The molecule has 0 aliphatic carbocycles. The Labute approximate surface area is 158 Å². The van der Waals surface area contributed by atoms with Crippen molar-refractivity contribution in [3.8, 4) is 11.3 Å². The first kappa shape index (κ1) is 17.4. The maximum absolute atomic E-state index is 12.7. The van der Waals surface area contributed by atoms with Gasteiger partial charge < -0.3 is 4.42 Å². The SMILES string of the molecule is Cc1ccccc1-c1cc(NS(=O)(=O)c2cc3oc(=O)[nH]c3cc2Cl)n[nH]1. The van der Waals surface area contributed by atoms with Crippen molar-refractivity contribution >= 4 is 38.5 Å². The predicted molar refractivity (Wildman–Crippen MR) is 101 cm³/mol. The zero-order valence-corrected chi connectivity index (χ0v) is 15.5. The Bertz CT molecular complexity index is 1320. The van der Waals surface area contributed by atoms with Crippen molar-refractivity contribution in [2.75, 3.05) is 4.72 Å². The number of aromatic nitrogens is 3. The van der Waals surface area contributed by atoms with E-state index in [9.17, 15) is 13.2 Å². The van der Waals surface area contributed by atoms with Crippen LogP contribution in [0, 0.1) is 6.92 Å². The molecule has 0 spiro atoms. The van der Waals surface area contributed by atoms with Gasteiger partial charge in [0.25, 0.3) is 10.0 Å². The zero-order chi connectivity index (χ0) is 19.2. The van der Waals surface area contributed by atoms with Crippen molar-refractivity contribution in [2.45, 2.75) is 11.8 Å². The predicted octanol–water partition coefficient (Wildman–Crippen LogP) is 3.27. The van der Waals surface area contributed by atoms with Gasteiger partial charge in [-0.1, -0.05) is 35.9 Å². The van der Waals surface area contributed by atoms with Crippen LogP contribution >= 0.6 is 11.6 Å². The maximum atomic E-state index is 12.7. The van der Waals surface area contributed by atoms with Gasteiger partial charge in [-0.05, 0) is 18.6 Å². The number of hydrogen-bond donors (Lipinski definition) is 3. The third kappa shape index (κ3) is 3.22. The summed E-state index contributed by atoms with van der Waals surface area (Å²) in [5.74, 6) is -0.585. The third-order valence-corrected chi connectivity index (χ3v) is 5.83. The molecule has 2 heterocycles. The van der Waals surface area contributed by atoms with Crippen LogP contribution in [0.3, 0.4) is 0 Å². The number of rotatable bonds is 4. The monoisotopic (exact) mass is 404 g/mol. The molecular formula is C17H13ClN4O4S. The number of anilines is 1. The average Bonchev–Trinajstić information content (AvgIpc) is 3.19. The van der Waals surface area contributed by atoms with Crippen molar-refractivity contribution in [1.82, 2.24) is 15.2 Å². The van der Waals surface area contributed by atoms with Crippen molar-refractivity contribution in [1.29, 1.82) is 0 Å². The van der Waals surface area contributed by atoms with Gasteiger partial charge in [-0.15, -0.1) is 0 Å². The van der Waals surface area contributed by atoms with Crippen molar-refractivity contribution < 1.29 is 12.8 Å². The molecule has 0 aliphatic rings. The summed E-state index contributed by atoms with van der Waals surface area (Å²) >= 11 is 6.07. The van der Waals surface area contributed by atoms with Crippen LogP contribution in [0.1, 0.15) is 5.56 Å². The van der Waals surface area contributed by atoms with E-state index < -0.39 is 15.8 Å². The van der Waals surface area contributed by atoms with Gasteiger partial charge in [0.1, 0.15) is 4.90 Å². The number of nitrogens with zero attached hydrogens (tertiary/aromatic N) is 1. The summed E-state index contributed by atoms with van der Waals surface area (Å²) in [5.41, 5.74) is 3.00. The van der Waals surface area contributed by atoms with Crippen LogP contribution in [0.4, 0.5) is 5.82 Å². The number of aromatic amines is 2. The fourth-order valence-electron chi connectivity index (χ4n) is 2.74. The number of oxazole rings is 1. The molecule has 4 rings (SSSR count). The highest BCUT2D eigenvalue weighted by atomic mass is 35.5. The molecule has 4 aromatic rings. The highest BCUT2D eigenvalue weighted by molar-refractivity contribution is 7.92. The molecule has 0 saturated carbocycles. The highest BCUT2D eigenvalue weighted by Crippen LogP contribution is 2.29. The summed E-state index contributed by atoms with van der Waals surface area (Å²) < 4.78 is 32.7. The van der Waals surface area contributed by atoms with E-state index >= 15 is 0 Å². The number of halogens is 1. The highest BCUT2D eigenvalue weighted by Gasteiger charge is 2.22. The minimum atomic E-state index is -4.05. The first-order valence-electron chi connectivity index (χ1n) is 7.80. The fraction of sp³-hybridized carbons (Fsp3) is 0.0588. The third-order valence-electron chi connectivity index (χ3n) is 4.02. The number of H-pyrrole nitrogens is 2. The lowest BCUT2D eigenvalue weighted by atomic mass is 10.1. The first-order valence-corrected chi connectivity index (χ1v) is 9.66. The number of fused-ring (bicyclic) bond motifs is 1. The van der Waals surface area contributed by atoms with Gasteiger partial charge in [0, 0.05) is 17.7 Å². The van der Waals surface area contributed by atoms with E-state index in [2.05, 4.69) is 19.9 Å². The van der Waals surface area contributed by atoms with E-state index in [0.29, 0.717) is 11.2 Å². The Balaban J connectivity index is 1.69. The van der Waals surface area contributed by atoms with Gasteiger partial charge >= 0.3 is 5.76 Å². The molecule has 0 fully saturated rings. The van der Waals surface area contributed by atoms with Crippen LogP contribution in [-0.2, 0) is 10.0 Å². The molecule has 27 heavy (non-hydrogen) atoms. The molecule has 0 atom stereocenters. The number of benzene rings is 2. The number of aryl methyl sites for hydroxylation is 1. The van der Waals surface area contributed by atoms with Gasteiger partial charge in [0.05, 0.1) is 16.2 Å². The fourth-order valence-corrected chi connectivity index (χ4v) is 4.27. The summed E-state index contributed by atoms with van der Waals surface area (Å²) in [6, 6.07) is 11.7. The molecule has 2 aromatic heterocycles. The molecular weight excluding hydrogens is 392 g/mol. The van der Waals surface area contributed by atoms with Gasteiger partial charge in [-0.3, -0.25) is 14.8 Å². The van der Waals surface area contributed by atoms with Gasteiger partial charge in [-0.25, -0.2) is 13.2 Å². The van der Waals surface area contributed by atoms with Crippen LogP contribution in [0.5, 0.6) is 0 Å². The van der Waals surface area contributed by atoms with E-state index in [0.717, 1.165) is 11.1 Å². The Morgan fingerprint density at radius 3 is 2.74 bits per heavy atom. The van der Waals surface area contributed by atoms with Crippen molar-refractivity contribution in [3.05, 3.63) is 63.6 Å². The first-order chi connectivity index (χ1) is 12.8. The molecule has 3 N–H and O–H groups in total. The molecule has 10 heteroatoms. The molecule has 0 bridgehead atoms. The van der Waals surface area contributed by atoms with E-state index in [1.165, 1.54) is 12.1 Å². The van der Waals surface area contributed by atoms with Crippen LogP contribution in [0.15, 0.2) is 56.6 Å². The number of hydrogen-bond acceptors (Lipinski definition) is 5. The Hall–Kier alpha value is -3.04. The molecule has 0 radical (unpaired) electrons. The van der Waals surface area contributed by atoms with E-state index in [-0.39, 0.29) is 21.3 Å². The zero-order valence-electron chi connectivity index (χ0n) is 13.9. The van der Waals surface area contributed by atoms with E-state index in [4.69, 9.17) is 16.0 Å². The van der Waals surface area contributed by atoms with Gasteiger partial charge in [-0.2, -0.15) is 5.10 Å². The number of sulfonamides is 1. The average molecular weight is 405 g/mol. The minimum Gasteiger partial charge on any atom is -0.408 e. The number of nitrogens with one attached hydrogen (secondary N) is 3. The van der Waals surface area contributed by atoms with Crippen LogP contribution in [0.2, 0.25) is 5.02 Å². The smallest absolute Gasteiger partial charge is 0.408 e. The summed E-state index contributed by atoms with van der Waals surface area (Å²) in [7, 11) is -4.05. The molecule has 0 saturated heterocycles. The second kappa shape index (κ2) is 6.29. The van der Waals surface area contributed by atoms with E-state index in [1.807, 2.05) is 31.2 Å². The second-order valence-electron chi connectivity index (χ2n) is 5.88. The summed E-state index contributed by atoms with van der Waals surface area (Å²) in [5, 5.41) is 6.76. The van der Waals surface area contributed by atoms with Crippen molar-refractivity contribution in [3.63, 3.8) is 0 Å². The minimum absolute atomic E-state index is 0.0540. The quantitative estimate of drug-likeness (QED) is 0.482. The molecule has 8 nitrogen and oxygen atoms in total. The largest absolute Gasteiger partial charge is 0.417 e. The lowest BCUT2D eigenvalue weighted by Gasteiger charge is -2.07. The molecule has 0 unspecified atom stereocenters. The molecule has 2 aromatic carbocycles. The van der Waals surface area contributed by atoms with Gasteiger partial charge in [0.15, 0.2) is 11.4 Å². The standard InChI is InChI=1S/C17H13ClN4O4S/c1-9-4-2-3-5-10(9)12-7-16(21-20-12)22-27(24,25)15-8-14-13(6-11(15)18)19-17(23)26-14/h2-8H,1H3,(H,19,23)(H2,20,21,22). The molecule has 138 valence electrons. The van der Waals surface area contributed by atoms with Gasteiger partial charge in [0.2, 0.25) is 0 Å². The Morgan fingerprint density at radius 2 is 1.96 bits per heavy atom. The Morgan fingerprint density at radius 1 is 1.19 bits per heavy atom. The topological polar surface area (TPSA) is 121 Å². The molecule has 0 aliphatic heterocycles.